The van der Waals surface area contributed by atoms with Crippen molar-refractivity contribution in [3.63, 3.8) is 0 Å². The highest BCUT2D eigenvalue weighted by Gasteiger charge is 2.13. The fourth-order valence-electron chi connectivity index (χ4n) is 1.56. The molecule has 0 aliphatic rings. The van der Waals surface area contributed by atoms with Crippen molar-refractivity contribution in [2.75, 3.05) is 0 Å². The Morgan fingerprint density at radius 2 is 2.25 bits per heavy atom. The summed E-state index contributed by atoms with van der Waals surface area (Å²) in [5.74, 6) is 0.0258. The fourth-order valence-corrected chi connectivity index (χ4v) is 2.10. The second-order valence-corrected chi connectivity index (χ2v) is 4.62. The van der Waals surface area contributed by atoms with Crippen LogP contribution in [0.25, 0.3) is 0 Å². The Labute approximate surface area is 108 Å². The number of aryl methyl sites for hydroxylation is 1. The third kappa shape index (κ3) is 2.16. The minimum absolute atomic E-state index is 0.0258. The molecule has 0 N–H and O–H groups in total. The fraction of sp³-hybridized carbons (Fsp3) is 0.167. The van der Waals surface area contributed by atoms with Gasteiger partial charge in [-0.05, 0) is 47.7 Å². The van der Waals surface area contributed by atoms with Gasteiger partial charge in [0.05, 0.1) is 0 Å². The number of benzene rings is 1. The van der Waals surface area contributed by atoms with Crippen LogP contribution in [0.4, 0.5) is 0 Å². The van der Waals surface area contributed by atoms with E-state index in [1.165, 1.54) is 0 Å². The quantitative estimate of drug-likeness (QED) is 0.642. The van der Waals surface area contributed by atoms with Crippen molar-refractivity contribution in [1.29, 1.82) is 0 Å². The normalized spacial score (nSPS) is 10.4. The maximum atomic E-state index is 12.2. The minimum Gasteiger partial charge on any atom is -0.287 e. The van der Waals surface area contributed by atoms with Gasteiger partial charge in [-0.3, -0.25) is 9.48 Å². The lowest BCUT2D eigenvalue weighted by Crippen LogP contribution is -2.10. The van der Waals surface area contributed by atoms with Crippen LogP contribution < -0.4 is 0 Å². The van der Waals surface area contributed by atoms with Gasteiger partial charge in [-0.25, -0.2) is 0 Å². The van der Waals surface area contributed by atoms with Crippen LogP contribution in [0.2, 0.25) is 0 Å². The Kier molecular flexibility index (Phi) is 3.38. The summed E-state index contributed by atoms with van der Waals surface area (Å²) in [5, 5.41) is 4.10. The first-order valence-electron chi connectivity index (χ1n) is 5.04. The Balaban J connectivity index is 2.39. The van der Waals surface area contributed by atoms with E-state index in [0.29, 0.717) is 17.8 Å². The molecular formula is C12H11IN2O. The molecule has 0 amide bonds. The van der Waals surface area contributed by atoms with Crippen LogP contribution in [0, 0.1) is 3.57 Å². The summed E-state index contributed by atoms with van der Waals surface area (Å²) >= 11 is 2.20. The zero-order valence-corrected chi connectivity index (χ0v) is 11.0. The van der Waals surface area contributed by atoms with E-state index in [1.807, 2.05) is 31.2 Å². The lowest BCUT2D eigenvalue weighted by molar-refractivity contribution is 0.102. The Bertz CT molecular complexity index is 519. The number of halogens is 1. The van der Waals surface area contributed by atoms with Crippen molar-refractivity contribution in [3.8, 4) is 0 Å². The standard InChI is InChI=1S/C12H11IN2O/c1-2-15-11(6-7-14-15)12(16)9-4-3-5-10(13)8-9/h3-8H,2H2,1H3. The molecular weight excluding hydrogens is 315 g/mol. The molecule has 3 nitrogen and oxygen atoms in total. The number of nitrogens with zero attached hydrogens (tertiary/aromatic N) is 2. The molecule has 1 aromatic carbocycles. The van der Waals surface area contributed by atoms with Gasteiger partial charge in [0.15, 0.2) is 0 Å². The highest BCUT2D eigenvalue weighted by atomic mass is 127. The number of rotatable bonds is 3. The van der Waals surface area contributed by atoms with Crippen LogP contribution in [-0.2, 0) is 6.54 Å². The largest absolute Gasteiger partial charge is 0.287 e. The van der Waals surface area contributed by atoms with Gasteiger partial charge < -0.3 is 0 Å². The molecule has 82 valence electrons. The Hall–Kier alpha value is -1.17. The van der Waals surface area contributed by atoms with E-state index in [4.69, 9.17) is 0 Å². The van der Waals surface area contributed by atoms with Gasteiger partial charge in [0.1, 0.15) is 5.69 Å². The molecule has 2 aromatic rings. The summed E-state index contributed by atoms with van der Waals surface area (Å²) in [4.78, 5) is 12.2. The molecule has 0 radical (unpaired) electrons. The number of carbonyl (C=O) groups is 1. The average Bonchev–Trinajstić information content (AvgIpc) is 2.76. The van der Waals surface area contributed by atoms with Gasteiger partial charge in [0, 0.05) is 21.9 Å². The van der Waals surface area contributed by atoms with Gasteiger partial charge >= 0.3 is 0 Å². The summed E-state index contributed by atoms with van der Waals surface area (Å²) in [6, 6.07) is 9.33. The molecule has 2 rings (SSSR count). The first kappa shape index (κ1) is 11.3. The second kappa shape index (κ2) is 4.78. The molecule has 0 saturated heterocycles. The average molecular weight is 326 g/mol. The predicted molar refractivity (Wildman–Crippen MR) is 70.5 cm³/mol. The summed E-state index contributed by atoms with van der Waals surface area (Å²) in [6.45, 7) is 2.68. The van der Waals surface area contributed by atoms with Crippen LogP contribution in [0.3, 0.4) is 0 Å². The van der Waals surface area contributed by atoms with E-state index in [0.717, 1.165) is 3.57 Å². The molecule has 0 aliphatic carbocycles. The predicted octanol–water partition coefficient (Wildman–Crippen LogP) is 2.74. The van der Waals surface area contributed by atoms with E-state index in [1.54, 1.807) is 16.9 Å². The van der Waals surface area contributed by atoms with E-state index >= 15 is 0 Å². The molecule has 0 aliphatic heterocycles. The lowest BCUT2D eigenvalue weighted by Gasteiger charge is -2.04. The number of hydrogen-bond donors (Lipinski definition) is 0. The van der Waals surface area contributed by atoms with Crippen LogP contribution >= 0.6 is 22.6 Å². The highest BCUT2D eigenvalue weighted by Crippen LogP contribution is 2.12. The maximum Gasteiger partial charge on any atom is 0.211 e. The van der Waals surface area contributed by atoms with Crippen molar-refractivity contribution < 1.29 is 4.79 Å². The number of ketones is 1. The molecule has 0 bridgehead atoms. The molecule has 16 heavy (non-hydrogen) atoms. The molecule has 0 saturated carbocycles. The summed E-state index contributed by atoms with van der Waals surface area (Å²) in [7, 11) is 0. The molecule has 0 unspecified atom stereocenters. The molecule has 1 heterocycles. The number of carbonyl (C=O) groups excluding carboxylic acids is 1. The van der Waals surface area contributed by atoms with Crippen molar-refractivity contribution in [3.05, 3.63) is 51.4 Å². The Morgan fingerprint density at radius 3 is 2.94 bits per heavy atom. The van der Waals surface area contributed by atoms with E-state index in [2.05, 4.69) is 27.7 Å². The first-order valence-corrected chi connectivity index (χ1v) is 6.12. The monoisotopic (exact) mass is 326 g/mol. The van der Waals surface area contributed by atoms with E-state index in [9.17, 15) is 4.79 Å². The van der Waals surface area contributed by atoms with Gasteiger partial charge in [0.25, 0.3) is 0 Å². The van der Waals surface area contributed by atoms with E-state index in [-0.39, 0.29) is 5.78 Å². The molecule has 0 atom stereocenters. The van der Waals surface area contributed by atoms with Gasteiger partial charge in [0.2, 0.25) is 5.78 Å². The van der Waals surface area contributed by atoms with E-state index < -0.39 is 0 Å². The van der Waals surface area contributed by atoms with Crippen LogP contribution in [0.15, 0.2) is 36.5 Å². The third-order valence-electron chi connectivity index (χ3n) is 2.34. The smallest absolute Gasteiger partial charge is 0.211 e. The molecule has 4 heteroatoms. The van der Waals surface area contributed by atoms with Crippen molar-refractivity contribution in [1.82, 2.24) is 9.78 Å². The summed E-state index contributed by atoms with van der Waals surface area (Å²) in [5.41, 5.74) is 1.35. The second-order valence-electron chi connectivity index (χ2n) is 3.37. The van der Waals surface area contributed by atoms with Gasteiger partial charge in [-0.15, -0.1) is 0 Å². The Morgan fingerprint density at radius 1 is 1.44 bits per heavy atom. The zero-order chi connectivity index (χ0) is 11.5. The topological polar surface area (TPSA) is 34.9 Å². The molecule has 0 spiro atoms. The maximum absolute atomic E-state index is 12.2. The number of hydrogen-bond acceptors (Lipinski definition) is 2. The SMILES string of the molecule is CCn1nccc1C(=O)c1cccc(I)c1. The van der Waals surface area contributed by atoms with Crippen LogP contribution in [-0.4, -0.2) is 15.6 Å². The van der Waals surface area contributed by atoms with Crippen molar-refractivity contribution in [2.24, 2.45) is 0 Å². The summed E-state index contributed by atoms with van der Waals surface area (Å²) < 4.78 is 2.77. The molecule has 1 aromatic heterocycles. The molecule has 0 fully saturated rings. The van der Waals surface area contributed by atoms with Crippen LogP contribution in [0.1, 0.15) is 23.0 Å². The lowest BCUT2D eigenvalue weighted by atomic mass is 10.1. The zero-order valence-electron chi connectivity index (χ0n) is 8.85. The first-order chi connectivity index (χ1) is 7.72. The third-order valence-corrected chi connectivity index (χ3v) is 3.01. The van der Waals surface area contributed by atoms with Crippen molar-refractivity contribution >= 4 is 28.4 Å². The van der Waals surface area contributed by atoms with Crippen LogP contribution in [0.5, 0.6) is 0 Å². The number of aromatic nitrogens is 2. The summed E-state index contributed by atoms with van der Waals surface area (Å²) in [6.07, 6.45) is 1.66. The minimum atomic E-state index is 0.0258. The van der Waals surface area contributed by atoms with Gasteiger partial charge in [-0.1, -0.05) is 12.1 Å². The highest BCUT2D eigenvalue weighted by molar-refractivity contribution is 14.1. The van der Waals surface area contributed by atoms with Crippen molar-refractivity contribution in [2.45, 2.75) is 13.5 Å². The van der Waals surface area contributed by atoms with Gasteiger partial charge in [-0.2, -0.15) is 5.10 Å².